The molecule has 0 bridgehead atoms. The van der Waals surface area contributed by atoms with Crippen LogP contribution < -0.4 is 0 Å². The van der Waals surface area contributed by atoms with Crippen LogP contribution in [-0.2, 0) is 0 Å². The molecule has 11 heavy (non-hydrogen) atoms. The molecular weight excluding hydrogens is 136 g/mol. The van der Waals surface area contributed by atoms with Crippen LogP contribution in [0, 0.1) is 0 Å². The summed E-state index contributed by atoms with van der Waals surface area (Å²) in [5.41, 5.74) is 0. The molecule has 0 atom stereocenters. The smallest absolute Gasteiger partial charge is 0.0433 e. The van der Waals surface area contributed by atoms with Gasteiger partial charge in [-0.15, -0.1) is 0 Å². The minimum absolute atomic E-state index is 0.319. The van der Waals surface area contributed by atoms with Crippen LogP contribution in [0.1, 0.15) is 45.4 Å². The van der Waals surface area contributed by atoms with E-state index in [1.54, 1.807) is 0 Å². The molecule has 0 aliphatic heterocycles. The Hall–Kier alpha value is -0.300. The van der Waals surface area contributed by atoms with Crippen molar-refractivity contribution in [1.82, 2.24) is 0 Å². The summed E-state index contributed by atoms with van der Waals surface area (Å²) in [4.78, 5) is 0. The standard InChI is InChI=1S/C10H20O/c1-2-3-4-5-6-7-8-9-10-11/h6-7,11H,2-5,8-10H2,1H3/b7-6+. The Morgan fingerprint density at radius 3 is 2.18 bits per heavy atom. The molecule has 0 unspecified atom stereocenters. The summed E-state index contributed by atoms with van der Waals surface area (Å²) in [6, 6.07) is 0. The van der Waals surface area contributed by atoms with E-state index in [9.17, 15) is 0 Å². The van der Waals surface area contributed by atoms with Gasteiger partial charge in [0.05, 0.1) is 0 Å². The van der Waals surface area contributed by atoms with Gasteiger partial charge in [0.2, 0.25) is 0 Å². The lowest BCUT2D eigenvalue weighted by Gasteiger charge is -1.91. The Morgan fingerprint density at radius 1 is 1.00 bits per heavy atom. The summed E-state index contributed by atoms with van der Waals surface area (Å²) in [5.74, 6) is 0. The normalized spacial score (nSPS) is 11.1. The van der Waals surface area contributed by atoms with Crippen molar-refractivity contribution in [3.8, 4) is 0 Å². The first-order chi connectivity index (χ1) is 5.41. The Labute approximate surface area is 70.1 Å². The highest BCUT2D eigenvalue weighted by Gasteiger charge is 1.81. The number of rotatable bonds is 7. The molecule has 66 valence electrons. The SMILES string of the molecule is CCCCC/C=C/CCCO. The Balaban J connectivity index is 2.91. The van der Waals surface area contributed by atoms with Gasteiger partial charge in [-0.25, -0.2) is 0 Å². The molecule has 0 aromatic rings. The van der Waals surface area contributed by atoms with E-state index in [2.05, 4.69) is 19.1 Å². The van der Waals surface area contributed by atoms with E-state index in [4.69, 9.17) is 5.11 Å². The molecule has 0 radical (unpaired) electrons. The Bertz CT molecular complexity index is 86.9. The Morgan fingerprint density at radius 2 is 1.64 bits per heavy atom. The largest absolute Gasteiger partial charge is 0.396 e. The van der Waals surface area contributed by atoms with E-state index >= 15 is 0 Å². The van der Waals surface area contributed by atoms with Crippen molar-refractivity contribution in [1.29, 1.82) is 0 Å². The van der Waals surface area contributed by atoms with Crippen LogP contribution in [0.5, 0.6) is 0 Å². The van der Waals surface area contributed by atoms with Gasteiger partial charge in [0.25, 0.3) is 0 Å². The van der Waals surface area contributed by atoms with E-state index in [0.29, 0.717) is 6.61 Å². The lowest BCUT2D eigenvalue weighted by molar-refractivity contribution is 0.289. The molecule has 0 aromatic heterocycles. The third-order valence-corrected chi connectivity index (χ3v) is 1.67. The number of hydrogen-bond donors (Lipinski definition) is 1. The van der Waals surface area contributed by atoms with Crippen molar-refractivity contribution >= 4 is 0 Å². The zero-order valence-electron chi connectivity index (χ0n) is 7.55. The molecule has 0 saturated heterocycles. The third kappa shape index (κ3) is 9.70. The van der Waals surface area contributed by atoms with Gasteiger partial charge < -0.3 is 5.11 Å². The van der Waals surface area contributed by atoms with E-state index in [0.717, 1.165) is 12.8 Å². The van der Waals surface area contributed by atoms with Crippen molar-refractivity contribution in [2.45, 2.75) is 45.4 Å². The molecule has 0 saturated carbocycles. The van der Waals surface area contributed by atoms with E-state index < -0.39 is 0 Å². The molecule has 1 N–H and O–H groups in total. The second-order valence-corrected chi connectivity index (χ2v) is 2.83. The highest BCUT2D eigenvalue weighted by atomic mass is 16.2. The van der Waals surface area contributed by atoms with E-state index in [1.807, 2.05) is 0 Å². The summed E-state index contributed by atoms with van der Waals surface area (Å²) in [6.07, 6.45) is 11.5. The molecule has 0 aliphatic carbocycles. The van der Waals surface area contributed by atoms with Crippen LogP contribution >= 0.6 is 0 Å². The maximum absolute atomic E-state index is 8.47. The zero-order valence-corrected chi connectivity index (χ0v) is 7.55. The first kappa shape index (κ1) is 10.7. The van der Waals surface area contributed by atoms with Gasteiger partial charge in [0, 0.05) is 6.61 Å². The summed E-state index contributed by atoms with van der Waals surface area (Å²) >= 11 is 0. The molecule has 0 spiro atoms. The van der Waals surface area contributed by atoms with E-state index in [-0.39, 0.29) is 0 Å². The second kappa shape index (κ2) is 9.70. The fourth-order valence-electron chi connectivity index (χ4n) is 0.957. The number of aliphatic hydroxyl groups is 1. The molecule has 1 nitrogen and oxygen atoms in total. The molecule has 0 heterocycles. The van der Waals surface area contributed by atoms with Gasteiger partial charge >= 0.3 is 0 Å². The molecular formula is C10H20O. The van der Waals surface area contributed by atoms with Gasteiger partial charge in [-0.05, 0) is 25.7 Å². The predicted octanol–water partition coefficient (Wildman–Crippen LogP) is 2.90. The zero-order chi connectivity index (χ0) is 8.36. The van der Waals surface area contributed by atoms with Crippen molar-refractivity contribution in [3.63, 3.8) is 0 Å². The molecule has 1 heteroatoms. The molecule has 0 fully saturated rings. The van der Waals surface area contributed by atoms with Crippen molar-refractivity contribution in [2.24, 2.45) is 0 Å². The van der Waals surface area contributed by atoms with Crippen LogP contribution in [0.4, 0.5) is 0 Å². The monoisotopic (exact) mass is 156 g/mol. The van der Waals surface area contributed by atoms with Crippen molar-refractivity contribution in [3.05, 3.63) is 12.2 Å². The van der Waals surface area contributed by atoms with E-state index in [1.165, 1.54) is 25.7 Å². The van der Waals surface area contributed by atoms with Crippen molar-refractivity contribution in [2.75, 3.05) is 6.61 Å². The quantitative estimate of drug-likeness (QED) is 0.444. The van der Waals surface area contributed by atoms with Crippen LogP contribution in [0.2, 0.25) is 0 Å². The minimum atomic E-state index is 0.319. The maximum Gasteiger partial charge on any atom is 0.0433 e. The fraction of sp³-hybridized carbons (Fsp3) is 0.800. The van der Waals surface area contributed by atoms with Crippen LogP contribution in [0.25, 0.3) is 0 Å². The minimum Gasteiger partial charge on any atom is -0.396 e. The van der Waals surface area contributed by atoms with Gasteiger partial charge in [0.15, 0.2) is 0 Å². The number of allylic oxidation sites excluding steroid dienone is 2. The molecule has 0 amide bonds. The lowest BCUT2D eigenvalue weighted by atomic mass is 10.2. The predicted molar refractivity (Wildman–Crippen MR) is 49.6 cm³/mol. The first-order valence-electron chi connectivity index (χ1n) is 4.67. The lowest BCUT2D eigenvalue weighted by Crippen LogP contribution is -1.78. The average Bonchev–Trinajstić information content (AvgIpc) is 2.03. The van der Waals surface area contributed by atoms with Gasteiger partial charge in [-0.1, -0.05) is 31.9 Å². The number of unbranched alkanes of at least 4 members (excludes halogenated alkanes) is 4. The third-order valence-electron chi connectivity index (χ3n) is 1.67. The summed E-state index contributed by atoms with van der Waals surface area (Å²) < 4.78 is 0. The van der Waals surface area contributed by atoms with Gasteiger partial charge in [-0.2, -0.15) is 0 Å². The molecule has 0 aliphatic rings. The molecule has 0 rings (SSSR count). The fourth-order valence-corrected chi connectivity index (χ4v) is 0.957. The molecule has 0 aromatic carbocycles. The average molecular weight is 156 g/mol. The summed E-state index contributed by atoms with van der Waals surface area (Å²) in [7, 11) is 0. The van der Waals surface area contributed by atoms with Crippen LogP contribution in [-0.4, -0.2) is 11.7 Å². The highest BCUT2D eigenvalue weighted by molar-refractivity contribution is 4.80. The van der Waals surface area contributed by atoms with Gasteiger partial charge in [0.1, 0.15) is 0 Å². The number of hydrogen-bond acceptors (Lipinski definition) is 1. The summed E-state index contributed by atoms with van der Waals surface area (Å²) in [5, 5.41) is 8.47. The highest BCUT2D eigenvalue weighted by Crippen LogP contribution is 2.00. The maximum atomic E-state index is 8.47. The summed E-state index contributed by atoms with van der Waals surface area (Å²) in [6.45, 7) is 2.54. The Kier molecular flexibility index (Phi) is 9.44. The topological polar surface area (TPSA) is 20.2 Å². The van der Waals surface area contributed by atoms with Gasteiger partial charge in [-0.3, -0.25) is 0 Å². The second-order valence-electron chi connectivity index (χ2n) is 2.83. The first-order valence-corrected chi connectivity index (χ1v) is 4.67. The van der Waals surface area contributed by atoms with Crippen molar-refractivity contribution < 1.29 is 5.11 Å². The van der Waals surface area contributed by atoms with Crippen LogP contribution in [0.15, 0.2) is 12.2 Å². The van der Waals surface area contributed by atoms with Crippen LogP contribution in [0.3, 0.4) is 0 Å². The number of aliphatic hydroxyl groups excluding tert-OH is 1.